The normalized spacial score (nSPS) is 17.0. The summed E-state index contributed by atoms with van der Waals surface area (Å²) in [4.78, 5) is 16.5. The standard InChI is InChI=1S/C24H23F3N.C13H24O2.Ir/c1-15-11-16(2)13-18(12-15)22-10-9-21-20(7-4-8-23(21)28-22)19-6-3-5-17(19)14-24(25,26)27;1-5-10(6-2)12(14)9-13(15)11(7-3)8-4;/h4,7-12,17,19H,3,5-6,14H2,1-2H3;9-11,14H,5-8H2,1-4H3;/q-1;;/b;12-9-;. The Hall–Kier alpha value is -2.50. The minimum absolute atomic E-state index is 0. The number of aryl methyl sites for hydroxylation is 2. The van der Waals surface area contributed by atoms with E-state index in [2.05, 4.69) is 18.2 Å². The Morgan fingerprint density at radius 2 is 1.66 bits per heavy atom. The second kappa shape index (κ2) is 17.3. The largest absolute Gasteiger partial charge is 0.512 e. The van der Waals surface area contributed by atoms with Gasteiger partial charge in [-0.1, -0.05) is 72.2 Å². The minimum Gasteiger partial charge on any atom is -0.512 e. The average molecular weight is 787 g/mol. The van der Waals surface area contributed by atoms with Crippen LogP contribution in [-0.2, 0) is 24.9 Å². The van der Waals surface area contributed by atoms with Gasteiger partial charge in [0.05, 0.1) is 11.3 Å². The summed E-state index contributed by atoms with van der Waals surface area (Å²) in [6, 6.07) is 17.3. The van der Waals surface area contributed by atoms with Crippen LogP contribution in [0, 0.1) is 37.7 Å². The van der Waals surface area contributed by atoms with Crippen LogP contribution in [0.25, 0.3) is 22.2 Å². The summed E-state index contributed by atoms with van der Waals surface area (Å²) >= 11 is 0. The van der Waals surface area contributed by atoms with Crippen molar-refractivity contribution in [3.63, 3.8) is 0 Å². The first-order valence-corrected chi connectivity index (χ1v) is 15.8. The van der Waals surface area contributed by atoms with Gasteiger partial charge < -0.3 is 5.11 Å². The van der Waals surface area contributed by atoms with Crippen molar-refractivity contribution in [1.29, 1.82) is 0 Å². The number of aromatic nitrogens is 1. The van der Waals surface area contributed by atoms with Crippen LogP contribution in [0.15, 0.2) is 54.3 Å². The molecule has 243 valence electrons. The van der Waals surface area contributed by atoms with Gasteiger partial charge in [-0.05, 0) is 67.7 Å². The van der Waals surface area contributed by atoms with Gasteiger partial charge in [0.15, 0.2) is 5.78 Å². The molecule has 1 radical (unpaired) electrons. The van der Waals surface area contributed by atoms with Crippen LogP contribution < -0.4 is 0 Å². The first kappa shape index (κ1) is 37.7. The number of aliphatic hydroxyl groups excluding tert-OH is 1. The molecule has 1 aliphatic carbocycles. The van der Waals surface area contributed by atoms with Gasteiger partial charge in [-0.15, -0.1) is 34.9 Å². The summed E-state index contributed by atoms with van der Waals surface area (Å²) in [7, 11) is 0. The molecule has 3 nitrogen and oxygen atoms in total. The van der Waals surface area contributed by atoms with Crippen LogP contribution in [0.5, 0.6) is 0 Å². The summed E-state index contributed by atoms with van der Waals surface area (Å²) in [6.45, 7) is 12.1. The van der Waals surface area contributed by atoms with Gasteiger partial charge >= 0.3 is 6.18 Å². The fourth-order valence-electron chi connectivity index (χ4n) is 6.45. The summed E-state index contributed by atoms with van der Waals surface area (Å²) in [6.07, 6.45) is 2.41. The summed E-state index contributed by atoms with van der Waals surface area (Å²) in [5, 5.41) is 10.7. The van der Waals surface area contributed by atoms with Gasteiger partial charge in [0, 0.05) is 49.8 Å². The topological polar surface area (TPSA) is 50.2 Å². The van der Waals surface area contributed by atoms with Crippen molar-refractivity contribution in [3.8, 4) is 11.3 Å². The Morgan fingerprint density at radius 1 is 1.00 bits per heavy atom. The Morgan fingerprint density at radius 3 is 2.25 bits per heavy atom. The average Bonchev–Trinajstić information content (AvgIpc) is 3.39. The van der Waals surface area contributed by atoms with E-state index in [4.69, 9.17) is 4.98 Å². The molecule has 2 unspecified atom stereocenters. The van der Waals surface area contributed by atoms with Crippen molar-refractivity contribution in [2.75, 3.05) is 0 Å². The predicted octanol–water partition coefficient (Wildman–Crippen LogP) is 11.0. The minimum atomic E-state index is -4.11. The molecule has 0 bridgehead atoms. The smallest absolute Gasteiger partial charge is 0.389 e. The van der Waals surface area contributed by atoms with E-state index in [1.165, 1.54) is 6.08 Å². The van der Waals surface area contributed by atoms with E-state index in [0.717, 1.165) is 77.4 Å². The fourth-order valence-corrected chi connectivity index (χ4v) is 6.45. The van der Waals surface area contributed by atoms with Crippen LogP contribution in [0.3, 0.4) is 0 Å². The van der Waals surface area contributed by atoms with Crippen molar-refractivity contribution in [2.24, 2.45) is 17.8 Å². The van der Waals surface area contributed by atoms with Crippen LogP contribution >= 0.6 is 0 Å². The molecule has 1 fully saturated rings. The number of nitrogens with zero attached hydrogens (tertiary/aromatic N) is 1. The zero-order valence-electron chi connectivity index (χ0n) is 26.9. The maximum absolute atomic E-state index is 13.0. The molecule has 4 rings (SSSR count). The van der Waals surface area contributed by atoms with Crippen LogP contribution in [0.2, 0.25) is 0 Å². The number of aliphatic hydroxyl groups is 1. The van der Waals surface area contributed by atoms with E-state index in [0.29, 0.717) is 6.42 Å². The van der Waals surface area contributed by atoms with Crippen molar-refractivity contribution >= 4 is 16.7 Å². The van der Waals surface area contributed by atoms with E-state index in [-0.39, 0.29) is 55.3 Å². The van der Waals surface area contributed by atoms with Crippen molar-refractivity contribution in [2.45, 2.75) is 105 Å². The summed E-state index contributed by atoms with van der Waals surface area (Å²) in [5.74, 6) is 0.162. The molecule has 1 heterocycles. The van der Waals surface area contributed by atoms with Crippen molar-refractivity contribution in [1.82, 2.24) is 4.98 Å². The third-order valence-corrected chi connectivity index (χ3v) is 8.82. The first-order chi connectivity index (χ1) is 20.4. The monoisotopic (exact) mass is 787 g/mol. The maximum atomic E-state index is 13.0. The molecule has 1 aliphatic rings. The van der Waals surface area contributed by atoms with Gasteiger partial charge in [-0.3, -0.25) is 9.78 Å². The SMILES string of the molecule is CCC(CC)C(=O)/C=C(\O)C(CC)CC.Cc1[c-]c(-c2ccc3c(C4CCCC4CC(F)(F)F)cccc3n2)cc(C)c1.[Ir]. The molecule has 7 heteroatoms. The fraction of sp³-hybridized carbons (Fsp3) is 0.514. The van der Waals surface area contributed by atoms with Gasteiger partial charge in [0.25, 0.3) is 0 Å². The van der Waals surface area contributed by atoms with E-state index in [1.54, 1.807) is 0 Å². The Labute approximate surface area is 275 Å². The number of allylic oxidation sites excluding steroid dienone is 2. The van der Waals surface area contributed by atoms with Crippen molar-refractivity contribution in [3.05, 3.63) is 77.1 Å². The number of carbonyl (C=O) groups is 1. The third kappa shape index (κ3) is 10.3. The van der Waals surface area contributed by atoms with E-state index in [1.807, 2.05) is 71.9 Å². The number of carbonyl (C=O) groups excluding carboxylic acids is 1. The molecule has 2 aromatic carbocycles. The maximum Gasteiger partial charge on any atom is 0.389 e. The second-order valence-electron chi connectivity index (χ2n) is 12.0. The van der Waals surface area contributed by atoms with Crippen LogP contribution in [0.4, 0.5) is 13.2 Å². The number of hydrogen-bond donors (Lipinski definition) is 1. The number of fused-ring (bicyclic) bond motifs is 1. The number of rotatable bonds is 10. The van der Waals surface area contributed by atoms with Gasteiger partial charge in [-0.25, -0.2) is 0 Å². The predicted molar refractivity (Wildman–Crippen MR) is 170 cm³/mol. The zero-order valence-corrected chi connectivity index (χ0v) is 29.3. The van der Waals surface area contributed by atoms with Crippen molar-refractivity contribution < 1.29 is 43.2 Å². The molecule has 2 atom stereocenters. The van der Waals surface area contributed by atoms with E-state index in [9.17, 15) is 23.1 Å². The number of alkyl halides is 3. The molecular weight excluding hydrogens is 740 g/mol. The number of benzene rings is 2. The molecule has 0 amide bonds. The zero-order chi connectivity index (χ0) is 31.7. The number of hydrogen-bond acceptors (Lipinski definition) is 3. The molecule has 0 spiro atoms. The molecule has 1 N–H and O–H groups in total. The first-order valence-electron chi connectivity index (χ1n) is 15.8. The molecule has 1 aromatic heterocycles. The number of pyridine rings is 1. The van der Waals surface area contributed by atoms with Crippen LogP contribution in [-0.4, -0.2) is 22.1 Å². The van der Waals surface area contributed by atoms with Gasteiger partial charge in [0.2, 0.25) is 0 Å². The number of halogens is 3. The molecule has 1 saturated carbocycles. The Bertz CT molecular complexity index is 1370. The van der Waals surface area contributed by atoms with Gasteiger partial charge in [-0.2, -0.15) is 13.2 Å². The summed E-state index contributed by atoms with van der Waals surface area (Å²) in [5.41, 5.74) is 5.85. The second-order valence-corrected chi connectivity index (χ2v) is 12.0. The Kier molecular flexibility index (Phi) is 14.8. The van der Waals surface area contributed by atoms with E-state index >= 15 is 0 Å². The van der Waals surface area contributed by atoms with Gasteiger partial charge in [0.1, 0.15) is 0 Å². The third-order valence-electron chi connectivity index (χ3n) is 8.82. The molecule has 0 aliphatic heterocycles. The molecule has 3 aromatic rings. The van der Waals surface area contributed by atoms with E-state index < -0.39 is 12.6 Å². The molecule has 0 saturated heterocycles. The number of ketones is 1. The quantitative estimate of drug-likeness (QED) is 0.127. The molecular formula is C37H47F3IrNO2-. The summed E-state index contributed by atoms with van der Waals surface area (Å²) < 4.78 is 39.0. The molecule has 44 heavy (non-hydrogen) atoms. The Balaban J connectivity index is 0.000000363. The van der Waals surface area contributed by atoms with Crippen LogP contribution in [0.1, 0.15) is 102 Å².